The Bertz CT molecular complexity index is 81.0. The molecule has 0 fully saturated rings. The minimum absolute atomic E-state index is 0.00650. The number of hydrazine groups is 1. The van der Waals surface area contributed by atoms with Crippen LogP contribution < -0.4 is 22.3 Å². The Morgan fingerprint density at radius 1 is 1.44 bits per heavy atom. The lowest BCUT2D eigenvalue weighted by Crippen LogP contribution is -2.33. The van der Waals surface area contributed by atoms with Crippen LogP contribution in [0.5, 0.6) is 0 Å². The molecule has 0 rings (SSSR count). The summed E-state index contributed by atoms with van der Waals surface area (Å²) >= 11 is 0. The number of hydrogen-bond acceptors (Lipinski definition) is 3. The van der Waals surface area contributed by atoms with Crippen LogP contribution in [0.15, 0.2) is 0 Å². The van der Waals surface area contributed by atoms with E-state index in [-0.39, 0.29) is 5.96 Å². The zero-order valence-electron chi connectivity index (χ0n) is 5.28. The minimum Gasteiger partial charge on any atom is -0.370 e. The molecule has 5 heteroatoms. The molecule has 0 aromatic carbocycles. The highest BCUT2D eigenvalue weighted by Gasteiger charge is 1.85. The van der Waals surface area contributed by atoms with Crippen LogP contribution in [0.2, 0.25) is 0 Å². The molecule has 0 saturated heterocycles. The summed E-state index contributed by atoms with van der Waals surface area (Å²) in [7, 11) is 0. The van der Waals surface area contributed by atoms with Crippen LogP contribution >= 0.6 is 0 Å². The molecule has 54 valence electrons. The van der Waals surface area contributed by atoms with E-state index in [1.807, 2.05) is 0 Å². The number of nitrogens with one attached hydrogen (secondary N) is 3. The average Bonchev–Trinajstić information content (AvgIpc) is 1.80. The zero-order chi connectivity index (χ0) is 7.11. The van der Waals surface area contributed by atoms with Crippen LogP contribution in [-0.2, 0) is 0 Å². The fourth-order valence-corrected chi connectivity index (χ4v) is 0.414. The third-order valence-corrected chi connectivity index (χ3v) is 0.813. The van der Waals surface area contributed by atoms with E-state index in [2.05, 4.69) is 10.7 Å². The van der Waals surface area contributed by atoms with Gasteiger partial charge in [0.15, 0.2) is 5.96 Å². The number of guanidine groups is 1. The van der Waals surface area contributed by atoms with Crippen molar-refractivity contribution in [1.29, 1.82) is 5.41 Å². The summed E-state index contributed by atoms with van der Waals surface area (Å²) in [5.41, 5.74) is 7.49. The molecule has 0 radical (unpaired) electrons. The van der Waals surface area contributed by atoms with E-state index in [9.17, 15) is 0 Å². The Morgan fingerprint density at radius 3 is 2.56 bits per heavy atom. The SMILES string of the molecule is N=C(N)NCCCNN. The molecule has 0 aliphatic carbocycles. The molecule has 0 aliphatic heterocycles. The van der Waals surface area contributed by atoms with Crippen LogP contribution in [0.25, 0.3) is 0 Å². The largest absolute Gasteiger partial charge is 0.370 e. The highest BCUT2D eigenvalue weighted by atomic mass is 15.2. The quantitative estimate of drug-likeness (QED) is 0.103. The molecule has 0 aromatic rings. The van der Waals surface area contributed by atoms with Crippen LogP contribution in [0.4, 0.5) is 0 Å². The van der Waals surface area contributed by atoms with Crippen molar-refractivity contribution in [2.24, 2.45) is 11.6 Å². The smallest absolute Gasteiger partial charge is 0.185 e. The highest BCUT2D eigenvalue weighted by Crippen LogP contribution is 1.68. The summed E-state index contributed by atoms with van der Waals surface area (Å²) < 4.78 is 0. The molecule has 0 bridgehead atoms. The summed E-state index contributed by atoms with van der Waals surface area (Å²) in [6.45, 7) is 1.43. The Hall–Kier alpha value is -0.810. The predicted molar refractivity (Wildman–Crippen MR) is 36.7 cm³/mol. The van der Waals surface area contributed by atoms with E-state index in [0.717, 1.165) is 13.0 Å². The molecule has 0 spiro atoms. The lowest BCUT2D eigenvalue weighted by atomic mass is 10.4. The molecule has 0 aromatic heterocycles. The molecule has 0 saturated carbocycles. The van der Waals surface area contributed by atoms with E-state index >= 15 is 0 Å². The summed E-state index contributed by atoms with van der Waals surface area (Å²) in [6.07, 6.45) is 0.871. The molecule has 0 amide bonds. The van der Waals surface area contributed by atoms with Gasteiger partial charge in [0.2, 0.25) is 0 Å². The predicted octanol–water partition coefficient (Wildman–Crippen LogP) is -1.68. The van der Waals surface area contributed by atoms with Gasteiger partial charge in [-0.05, 0) is 6.42 Å². The molecule has 0 unspecified atom stereocenters. The van der Waals surface area contributed by atoms with Crippen LogP contribution in [0, 0.1) is 5.41 Å². The second-order valence-electron chi connectivity index (χ2n) is 1.65. The van der Waals surface area contributed by atoms with Gasteiger partial charge in [-0.3, -0.25) is 16.7 Å². The lowest BCUT2D eigenvalue weighted by molar-refractivity contribution is 0.665. The highest BCUT2D eigenvalue weighted by molar-refractivity contribution is 5.74. The van der Waals surface area contributed by atoms with Crippen molar-refractivity contribution in [2.45, 2.75) is 6.42 Å². The van der Waals surface area contributed by atoms with Crippen LogP contribution in [-0.4, -0.2) is 19.0 Å². The summed E-state index contributed by atoms with van der Waals surface area (Å²) in [5, 5.41) is 9.39. The molecule has 0 heterocycles. The van der Waals surface area contributed by atoms with E-state index in [4.69, 9.17) is 17.0 Å². The number of hydrogen-bond donors (Lipinski definition) is 5. The summed E-state index contributed by atoms with van der Waals surface area (Å²) in [6, 6.07) is 0. The van der Waals surface area contributed by atoms with E-state index < -0.39 is 0 Å². The Labute approximate surface area is 54.3 Å². The Morgan fingerprint density at radius 2 is 2.11 bits per heavy atom. The van der Waals surface area contributed by atoms with Gasteiger partial charge in [-0.25, -0.2) is 0 Å². The standard InChI is InChI=1S/C4H13N5/c5-4(6)8-2-1-3-9-7/h9H,1-3,7H2,(H4,5,6,8). The molecule has 9 heavy (non-hydrogen) atoms. The topological polar surface area (TPSA) is 100.0 Å². The van der Waals surface area contributed by atoms with Crippen LogP contribution in [0.3, 0.4) is 0 Å². The van der Waals surface area contributed by atoms with Gasteiger partial charge in [0.1, 0.15) is 0 Å². The molecular weight excluding hydrogens is 118 g/mol. The van der Waals surface area contributed by atoms with Crippen molar-refractivity contribution in [1.82, 2.24) is 10.7 Å². The number of rotatable bonds is 4. The Kier molecular flexibility index (Phi) is 4.85. The Balaban J connectivity index is 2.83. The fraction of sp³-hybridized carbons (Fsp3) is 0.750. The van der Waals surface area contributed by atoms with E-state index in [0.29, 0.717) is 6.54 Å². The first kappa shape index (κ1) is 8.19. The lowest BCUT2D eigenvalue weighted by Gasteiger charge is -2.01. The van der Waals surface area contributed by atoms with Crippen molar-refractivity contribution < 1.29 is 0 Å². The molecular formula is C4H13N5. The van der Waals surface area contributed by atoms with Gasteiger partial charge >= 0.3 is 0 Å². The zero-order valence-corrected chi connectivity index (χ0v) is 5.28. The van der Waals surface area contributed by atoms with Crippen molar-refractivity contribution >= 4 is 5.96 Å². The van der Waals surface area contributed by atoms with Gasteiger partial charge in [0.25, 0.3) is 0 Å². The monoisotopic (exact) mass is 131 g/mol. The molecule has 0 aliphatic rings. The maximum Gasteiger partial charge on any atom is 0.185 e. The third kappa shape index (κ3) is 7.19. The van der Waals surface area contributed by atoms with Crippen molar-refractivity contribution in [2.75, 3.05) is 13.1 Å². The van der Waals surface area contributed by atoms with Gasteiger partial charge < -0.3 is 11.1 Å². The molecule has 5 nitrogen and oxygen atoms in total. The maximum absolute atomic E-state index is 6.74. The van der Waals surface area contributed by atoms with Crippen LogP contribution in [0.1, 0.15) is 6.42 Å². The number of nitrogens with two attached hydrogens (primary N) is 2. The summed E-state index contributed by atoms with van der Waals surface area (Å²) in [4.78, 5) is 0. The summed E-state index contributed by atoms with van der Waals surface area (Å²) in [5.74, 6) is 4.99. The van der Waals surface area contributed by atoms with Gasteiger partial charge in [0.05, 0.1) is 0 Å². The van der Waals surface area contributed by atoms with E-state index in [1.54, 1.807) is 0 Å². The molecule has 0 atom stereocenters. The van der Waals surface area contributed by atoms with Crippen molar-refractivity contribution in [3.8, 4) is 0 Å². The molecule has 7 N–H and O–H groups in total. The van der Waals surface area contributed by atoms with Gasteiger partial charge in [0, 0.05) is 13.1 Å². The van der Waals surface area contributed by atoms with Gasteiger partial charge in [-0.15, -0.1) is 0 Å². The van der Waals surface area contributed by atoms with Crippen molar-refractivity contribution in [3.63, 3.8) is 0 Å². The third-order valence-electron chi connectivity index (χ3n) is 0.813. The second kappa shape index (κ2) is 5.33. The maximum atomic E-state index is 6.74. The van der Waals surface area contributed by atoms with Gasteiger partial charge in [-0.2, -0.15) is 0 Å². The first-order valence-corrected chi connectivity index (χ1v) is 2.78. The van der Waals surface area contributed by atoms with E-state index in [1.165, 1.54) is 0 Å². The normalized spacial score (nSPS) is 9.00. The van der Waals surface area contributed by atoms with Gasteiger partial charge in [-0.1, -0.05) is 0 Å². The second-order valence-corrected chi connectivity index (χ2v) is 1.65. The minimum atomic E-state index is 0.00650. The first-order chi connectivity index (χ1) is 4.27. The first-order valence-electron chi connectivity index (χ1n) is 2.78. The van der Waals surface area contributed by atoms with Crippen molar-refractivity contribution in [3.05, 3.63) is 0 Å². The average molecular weight is 131 g/mol. The fourth-order valence-electron chi connectivity index (χ4n) is 0.414.